The highest BCUT2D eigenvalue weighted by atomic mass is 32.2. The number of fused-ring (bicyclic) bond motifs is 1. The van der Waals surface area contributed by atoms with Gasteiger partial charge < -0.3 is 5.11 Å². The van der Waals surface area contributed by atoms with Gasteiger partial charge in [0.2, 0.25) is 0 Å². The predicted molar refractivity (Wildman–Crippen MR) is 59.9 cm³/mol. The van der Waals surface area contributed by atoms with E-state index in [0.29, 0.717) is 5.39 Å². The van der Waals surface area contributed by atoms with Gasteiger partial charge in [0.1, 0.15) is 10.6 Å². The quantitative estimate of drug-likeness (QED) is 0.864. The molecule has 0 saturated carbocycles. The standard InChI is InChI=1S/C11H7F3O4S/c12-11(13,14)18-19(16,17)10-8-4-2-1-3-7(8)5-6-9(10)15/h1-6,15H. The van der Waals surface area contributed by atoms with Crippen molar-refractivity contribution in [2.24, 2.45) is 0 Å². The molecule has 0 aromatic heterocycles. The van der Waals surface area contributed by atoms with E-state index in [9.17, 15) is 26.7 Å². The van der Waals surface area contributed by atoms with Gasteiger partial charge in [-0.2, -0.15) is 12.6 Å². The third kappa shape index (κ3) is 2.79. The molecule has 0 aliphatic rings. The monoisotopic (exact) mass is 292 g/mol. The number of halogens is 3. The zero-order valence-corrected chi connectivity index (χ0v) is 9.99. The van der Waals surface area contributed by atoms with Crippen LogP contribution >= 0.6 is 0 Å². The Morgan fingerprint density at radius 2 is 1.68 bits per heavy atom. The van der Waals surface area contributed by atoms with E-state index in [0.717, 1.165) is 6.07 Å². The molecule has 8 heteroatoms. The number of rotatable bonds is 2. The summed E-state index contributed by atoms with van der Waals surface area (Å²) in [5.74, 6) is -0.803. The molecule has 2 aromatic rings. The Balaban J connectivity index is 2.72. The second kappa shape index (κ2) is 4.39. The molecule has 0 amide bonds. The fourth-order valence-corrected chi connectivity index (χ4v) is 2.77. The Hall–Kier alpha value is -1.80. The molecule has 0 atom stereocenters. The first-order valence-corrected chi connectivity index (χ1v) is 6.35. The molecular weight excluding hydrogens is 285 g/mol. The van der Waals surface area contributed by atoms with Crippen LogP contribution in [0.2, 0.25) is 0 Å². The highest BCUT2D eigenvalue weighted by molar-refractivity contribution is 7.87. The lowest BCUT2D eigenvalue weighted by atomic mass is 10.1. The lowest BCUT2D eigenvalue weighted by Crippen LogP contribution is -2.20. The summed E-state index contributed by atoms with van der Waals surface area (Å²) in [6, 6.07) is 8.18. The van der Waals surface area contributed by atoms with Crippen LogP contribution < -0.4 is 0 Å². The SMILES string of the molecule is O=S(=O)(OC(F)(F)F)c1c(O)ccc2ccccc12. The summed E-state index contributed by atoms with van der Waals surface area (Å²) in [7, 11) is -5.15. The van der Waals surface area contributed by atoms with Gasteiger partial charge in [0, 0.05) is 5.39 Å². The molecule has 0 saturated heterocycles. The molecule has 1 N–H and O–H groups in total. The minimum Gasteiger partial charge on any atom is -0.506 e. The predicted octanol–water partition coefficient (Wildman–Crippen LogP) is 2.77. The third-order valence-corrected chi connectivity index (χ3v) is 3.65. The minimum absolute atomic E-state index is 0.0493. The van der Waals surface area contributed by atoms with Gasteiger partial charge >= 0.3 is 16.5 Å². The average Bonchev–Trinajstić information content (AvgIpc) is 2.25. The van der Waals surface area contributed by atoms with E-state index in [4.69, 9.17) is 0 Å². The zero-order valence-electron chi connectivity index (χ0n) is 9.18. The summed E-state index contributed by atoms with van der Waals surface area (Å²) in [4.78, 5) is -0.900. The molecule has 4 nitrogen and oxygen atoms in total. The van der Waals surface area contributed by atoms with Crippen LogP contribution in [0.5, 0.6) is 5.75 Å². The molecule has 0 spiro atoms. The van der Waals surface area contributed by atoms with Gasteiger partial charge in [-0.25, -0.2) is 0 Å². The maximum Gasteiger partial charge on any atom is 0.537 e. The first-order chi connectivity index (χ1) is 8.71. The molecular formula is C11H7F3O4S. The van der Waals surface area contributed by atoms with Crippen LogP contribution in [-0.2, 0) is 14.3 Å². The molecule has 19 heavy (non-hydrogen) atoms. The number of aromatic hydroxyl groups is 1. The van der Waals surface area contributed by atoms with Crippen LogP contribution in [-0.4, -0.2) is 19.9 Å². The zero-order chi connectivity index (χ0) is 14.3. The van der Waals surface area contributed by atoms with Crippen LogP contribution in [0.3, 0.4) is 0 Å². The van der Waals surface area contributed by atoms with E-state index in [2.05, 4.69) is 4.18 Å². The van der Waals surface area contributed by atoms with Crippen molar-refractivity contribution in [1.29, 1.82) is 0 Å². The summed E-state index contributed by atoms with van der Waals surface area (Å²) in [5, 5.41) is 9.83. The number of benzene rings is 2. The van der Waals surface area contributed by atoms with E-state index >= 15 is 0 Å². The van der Waals surface area contributed by atoms with Crippen LogP contribution in [0.4, 0.5) is 13.2 Å². The Labute approximate surface area is 106 Å². The molecule has 2 rings (SSSR count). The summed E-state index contributed by atoms with van der Waals surface area (Å²) in [6.45, 7) is 0. The van der Waals surface area contributed by atoms with Crippen LogP contribution in [0.1, 0.15) is 0 Å². The van der Waals surface area contributed by atoms with Crippen molar-refractivity contribution in [1.82, 2.24) is 0 Å². The largest absolute Gasteiger partial charge is 0.537 e. The highest BCUT2D eigenvalue weighted by Gasteiger charge is 2.39. The topological polar surface area (TPSA) is 63.6 Å². The van der Waals surface area contributed by atoms with Crippen molar-refractivity contribution in [3.8, 4) is 5.75 Å². The summed E-state index contributed by atoms with van der Waals surface area (Å²) in [5.41, 5.74) is 0. The summed E-state index contributed by atoms with van der Waals surface area (Å²) in [6.07, 6.45) is -5.36. The minimum atomic E-state index is -5.36. The van der Waals surface area contributed by atoms with Gasteiger partial charge in [-0.3, -0.25) is 0 Å². The van der Waals surface area contributed by atoms with Crippen molar-refractivity contribution < 1.29 is 30.9 Å². The fourth-order valence-electron chi connectivity index (χ4n) is 1.66. The van der Waals surface area contributed by atoms with Gasteiger partial charge in [-0.15, -0.1) is 13.2 Å². The van der Waals surface area contributed by atoms with Crippen LogP contribution in [0.15, 0.2) is 41.3 Å². The van der Waals surface area contributed by atoms with Crippen LogP contribution in [0, 0.1) is 0 Å². The van der Waals surface area contributed by atoms with E-state index in [1.54, 1.807) is 6.07 Å². The van der Waals surface area contributed by atoms with E-state index in [1.165, 1.54) is 24.3 Å². The Bertz CT molecular complexity index is 722. The normalized spacial score (nSPS) is 12.8. The fraction of sp³-hybridized carbons (Fsp3) is 0.0909. The second-order valence-electron chi connectivity index (χ2n) is 3.62. The van der Waals surface area contributed by atoms with Gasteiger partial charge in [0.05, 0.1) is 0 Å². The Morgan fingerprint density at radius 3 is 2.32 bits per heavy atom. The molecule has 0 bridgehead atoms. The van der Waals surface area contributed by atoms with Gasteiger partial charge in [-0.05, 0) is 11.5 Å². The van der Waals surface area contributed by atoms with Crippen LogP contribution in [0.25, 0.3) is 10.8 Å². The lowest BCUT2D eigenvalue weighted by Gasteiger charge is -2.11. The maximum atomic E-state index is 12.1. The average molecular weight is 292 g/mol. The van der Waals surface area contributed by atoms with Gasteiger partial charge in [-0.1, -0.05) is 30.3 Å². The molecule has 0 radical (unpaired) electrons. The number of phenolic OH excluding ortho intramolecular Hbond substituents is 1. The smallest absolute Gasteiger partial charge is 0.506 e. The first kappa shape index (κ1) is 13.6. The van der Waals surface area contributed by atoms with Gasteiger partial charge in [0.15, 0.2) is 0 Å². The van der Waals surface area contributed by atoms with Crippen molar-refractivity contribution in [3.63, 3.8) is 0 Å². The maximum absolute atomic E-state index is 12.1. The van der Waals surface area contributed by atoms with Crippen molar-refractivity contribution in [2.75, 3.05) is 0 Å². The molecule has 0 heterocycles. The number of hydrogen-bond acceptors (Lipinski definition) is 4. The second-order valence-corrected chi connectivity index (χ2v) is 5.10. The van der Waals surface area contributed by atoms with Gasteiger partial charge in [0.25, 0.3) is 0 Å². The molecule has 0 aliphatic carbocycles. The number of alkyl halides is 3. The highest BCUT2D eigenvalue weighted by Crippen LogP contribution is 2.35. The van der Waals surface area contributed by atoms with E-state index in [-0.39, 0.29) is 5.39 Å². The summed E-state index contributed by atoms with van der Waals surface area (Å²) >= 11 is 0. The van der Waals surface area contributed by atoms with E-state index in [1.807, 2.05) is 0 Å². The lowest BCUT2D eigenvalue weighted by molar-refractivity contribution is -0.271. The molecule has 102 valence electrons. The van der Waals surface area contributed by atoms with Crippen molar-refractivity contribution in [2.45, 2.75) is 11.3 Å². The molecule has 0 unspecified atom stereocenters. The number of phenols is 1. The van der Waals surface area contributed by atoms with Crippen molar-refractivity contribution in [3.05, 3.63) is 36.4 Å². The molecule has 0 aliphatic heterocycles. The molecule has 0 fully saturated rings. The third-order valence-electron chi connectivity index (χ3n) is 2.31. The van der Waals surface area contributed by atoms with E-state index < -0.39 is 27.1 Å². The summed E-state index contributed by atoms with van der Waals surface area (Å²) < 4.78 is 62.5. The number of hydrogen-bond donors (Lipinski definition) is 1. The first-order valence-electron chi connectivity index (χ1n) is 4.94. The Kier molecular flexibility index (Phi) is 3.15. The van der Waals surface area contributed by atoms with Crippen molar-refractivity contribution >= 4 is 20.9 Å². The molecule has 2 aromatic carbocycles. The Morgan fingerprint density at radius 1 is 1.05 bits per heavy atom.